The lowest BCUT2D eigenvalue weighted by atomic mass is 10.1. The molecule has 1 amide bonds. The molecule has 2 aromatic rings. The number of rotatable bonds is 4. The van der Waals surface area contributed by atoms with Crippen molar-refractivity contribution in [3.8, 4) is 0 Å². The van der Waals surface area contributed by atoms with Crippen molar-refractivity contribution in [3.05, 3.63) is 30.6 Å². The van der Waals surface area contributed by atoms with Gasteiger partial charge in [-0.25, -0.2) is 9.97 Å². The van der Waals surface area contributed by atoms with Crippen LogP contribution >= 0.6 is 0 Å². The van der Waals surface area contributed by atoms with Crippen LogP contribution < -0.4 is 4.90 Å². The highest BCUT2D eigenvalue weighted by Gasteiger charge is 2.22. The summed E-state index contributed by atoms with van der Waals surface area (Å²) in [5.41, 5.74) is 0.966. The van der Waals surface area contributed by atoms with Crippen LogP contribution in [-0.2, 0) is 4.79 Å². The molecule has 0 atom stereocenters. The van der Waals surface area contributed by atoms with Crippen LogP contribution in [0.3, 0.4) is 0 Å². The Hall–Kier alpha value is -2.17. The van der Waals surface area contributed by atoms with Gasteiger partial charge >= 0.3 is 0 Å². The lowest BCUT2D eigenvalue weighted by Crippen LogP contribution is -2.49. The fourth-order valence-electron chi connectivity index (χ4n) is 2.98. The third kappa shape index (κ3) is 3.60. The standard InChI is InChI=1S/C18H24N4O/c1-14(2)7-8-17(23)21-9-11-22(12-10-21)18-15-5-3-4-6-16(15)19-13-20-18/h3-6,13-14H,7-12H2,1-2H3. The Balaban J connectivity index is 1.65. The lowest BCUT2D eigenvalue weighted by Gasteiger charge is -2.36. The Kier molecular flexibility index (Phi) is 4.74. The molecule has 23 heavy (non-hydrogen) atoms. The monoisotopic (exact) mass is 312 g/mol. The Labute approximate surface area is 137 Å². The maximum atomic E-state index is 12.2. The summed E-state index contributed by atoms with van der Waals surface area (Å²) >= 11 is 0. The fraction of sp³-hybridized carbons (Fsp3) is 0.500. The number of para-hydroxylation sites is 1. The third-order valence-corrected chi connectivity index (χ3v) is 4.39. The molecule has 0 radical (unpaired) electrons. The number of piperazine rings is 1. The highest BCUT2D eigenvalue weighted by molar-refractivity contribution is 5.89. The van der Waals surface area contributed by atoms with Crippen molar-refractivity contribution in [2.75, 3.05) is 31.1 Å². The quantitative estimate of drug-likeness (QED) is 0.871. The molecule has 1 aliphatic heterocycles. The molecule has 0 spiro atoms. The molecule has 0 aliphatic carbocycles. The summed E-state index contributed by atoms with van der Waals surface area (Å²) in [5, 5.41) is 1.08. The van der Waals surface area contributed by atoms with Gasteiger partial charge in [-0.15, -0.1) is 0 Å². The van der Waals surface area contributed by atoms with Crippen molar-refractivity contribution < 1.29 is 4.79 Å². The Morgan fingerprint density at radius 2 is 1.87 bits per heavy atom. The maximum absolute atomic E-state index is 12.2. The van der Waals surface area contributed by atoms with Crippen LogP contribution in [0.4, 0.5) is 5.82 Å². The number of fused-ring (bicyclic) bond motifs is 1. The van der Waals surface area contributed by atoms with Gasteiger partial charge in [-0.05, 0) is 24.5 Å². The molecule has 3 rings (SSSR count). The first-order valence-corrected chi connectivity index (χ1v) is 8.37. The van der Waals surface area contributed by atoms with Crippen molar-refractivity contribution >= 4 is 22.6 Å². The van der Waals surface area contributed by atoms with E-state index in [2.05, 4.69) is 34.8 Å². The first kappa shape index (κ1) is 15.7. The summed E-state index contributed by atoms with van der Waals surface area (Å²) in [6, 6.07) is 8.07. The van der Waals surface area contributed by atoms with Crippen molar-refractivity contribution in [1.29, 1.82) is 0 Å². The molecule has 1 aromatic heterocycles. The van der Waals surface area contributed by atoms with Crippen molar-refractivity contribution in [2.45, 2.75) is 26.7 Å². The van der Waals surface area contributed by atoms with Gasteiger partial charge in [0.25, 0.3) is 0 Å². The van der Waals surface area contributed by atoms with Gasteiger partial charge in [0.05, 0.1) is 5.52 Å². The summed E-state index contributed by atoms with van der Waals surface area (Å²) in [5.74, 6) is 1.84. The smallest absolute Gasteiger partial charge is 0.222 e. The number of hydrogen-bond acceptors (Lipinski definition) is 4. The number of carbonyl (C=O) groups is 1. The van der Waals surface area contributed by atoms with Gasteiger partial charge in [-0.2, -0.15) is 0 Å². The molecule has 1 fully saturated rings. The Morgan fingerprint density at radius 1 is 1.13 bits per heavy atom. The first-order chi connectivity index (χ1) is 11.1. The minimum absolute atomic E-state index is 0.283. The molecule has 0 N–H and O–H groups in total. The van der Waals surface area contributed by atoms with Gasteiger partial charge in [0.15, 0.2) is 0 Å². The van der Waals surface area contributed by atoms with Crippen molar-refractivity contribution in [1.82, 2.24) is 14.9 Å². The summed E-state index contributed by atoms with van der Waals surface area (Å²) in [6.07, 6.45) is 3.25. The van der Waals surface area contributed by atoms with Crippen LogP contribution in [0.1, 0.15) is 26.7 Å². The number of nitrogens with zero attached hydrogens (tertiary/aromatic N) is 4. The maximum Gasteiger partial charge on any atom is 0.222 e. The van der Waals surface area contributed by atoms with Gasteiger partial charge in [-0.1, -0.05) is 26.0 Å². The highest BCUT2D eigenvalue weighted by atomic mass is 16.2. The second kappa shape index (κ2) is 6.94. The average Bonchev–Trinajstić information content (AvgIpc) is 2.59. The molecule has 1 saturated heterocycles. The van der Waals surface area contributed by atoms with E-state index in [-0.39, 0.29) is 5.91 Å². The van der Waals surface area contributed by atoms with E-state index in [9.17, 15) is 4.79 Å². The van der Waals surface area contributed by atoms with E-state index in [1.54, 1.807) is 6.33 Å². The molecule has 1 aliphatic rings. The van der Waals surface area contributed by atoms with Crippen molar-refractivity contribution in [3.63, 3.8) is 0 Å². The van der Waals surface area contributed by atoms with E-state index in [0.717, 1.165) is 49.3 Å². The second-order valence-electron chi connectivity index (χ2n) is 6.51. The van der Waals surface area contributed by atoms with Crippen LogP contribution in [-0.4, -0.2) is 47.0 Å². The van der Waals surface area contributed by atoms with Crippen molar-refractivity contribution in [2.24, 2.45) is 5.92 Å². The minimum atomic E-state index is 0.283. The number of carbonyl (C=O) groups excluding carboxylic acids is 1. The van der Waals surface area contributed by atoms with E-state index in [4.69, 9.17) is 0 Å². The van der Waals surface area contributed by atoms with Crippen LogP contribution in [0.25, 0.3) is 10.9 Å². The first-order valence-electron chi connectivity index (χ1n) is 8.37. The summed E-state index contributed by atoms with van der Waals surface area (Å²) in [4.78, 5) is 25.3. The number of hydrogen-bond donors (Lipinski definition) is 0. The predicted molar refractivity (Wildman–Crippen MR) is 92.4 cm³/mol. The number of aromatic nitrogens is 2. The average molecular weight is 312 g/mol. The summed E-state index contributed by atoms with van der Waals surface area (Å²) < 4.78 is 0. The fourth-order valence-corrected chi connectivity index (χ4v) is 2.98. The summed E-state index contributed by atoms with van der Waals surface area (Å²) in [6.45, 7) is 7.52. The SMILES string of the molecule is CC(C)CCC(=O)N1CCN(c2ncnc3ccccc23)CC1. The number of amides is 1. The number of benzene rings is 1. The molecular weight excluding hydrogens is 288 g/mol. The molecule has 122 valence electrons. The molecule has 5 heteroatoms. The van der Waals surface area contributed by atoms with Gasteiger partial charge < -0.3 is 9.80 Å². The van der Waals surface area contributed by atoms with Gasteiger partial charge in [-0.3, -0.25) is 4.79 Å². The molecule has 1 aromatic carbocycles. The van der Waals surface area contributed by atoms with E-state index in [1.807, 2.05) is 23.1 Å². The third-order valence-electron chi connectivity index (χ3n) is 4.39. The highest BCUT2D eigenvalue weighted by Crippen LogP contribution is 2.23. The topological polar surface area (TPSA) is 49.3 Å². The molecule has 5 nitrogen and oxygen atoms in total. The predicted octanol–water partition coefficient (Wildman–Crippen LogP) is 2.71. The van der Waals surface area contributed by atoms with Crippen LogP contribution in [0.15, 0.2) is 30.6 Å². The Bertz CT molecular complexity index is 672. The molecule has 0 unspecified atom stereocenters. The van der Waals surface area contributed by atoms with E-state index < -0.39 is 0 Å². The zero-order valence-corrected chi connectivity index (χ0v) is 13.9. The van der Waals surface area contributed by atoms with Gasteiger partial charge in [0.1, 0.15) is 12.1 Å². The van der Waals surface area contributed by atoms with Crippen LogP contribution in [0.2, 0.25) is 0 Å². The molecule has 0 saturated carbocycles. The molecular formula is C18H24N4O. The van der Waals surface area contributed by atoms with Crippen LogP contribution in [0, 0.1) is 5.92 Å². The number of anilines is 1. The normalized spacial score (nSPS) is 15.4. The molecule has 0 bridgehead atoms. The largest absolute Gasteiger partial charge is 0.352 e. The van der Waals surface area contributed by atoms with Gasteiger partial charge in [0.2, 0.25) is 5.91 Å². The zero-order valence-electron chi connectivity index (χ0n) is 13.9. The second-order valence-corrected chi connectivity index (χ2v) is 6.51. The van der Waals surface area contributed by atoms with E-state index in [0.29, 0.717) is 12.3 Å². The minimum Gasteiger partial charge on any atom is -0.352 e. The van der Waals surface area contributed by atoms with Crippen LogP contribution in [0.5, 0.6) is 0 Å². The Morgan fingerprint density at radius 3 is 2.61 bits per heavy atom. The van der Waals surface area contributed by atoms with E-state index in [1.165, 1.54) is 0 Å². The van der Waals surface area contributed by atoms with Gasteiger partial charge in [0, 0.05) is 38.0 Å². The zero-order chi connectivity index (χ0) is 16.2. The van der Waals surface area contributed by atoms with E-state index >= 15 is 0 Å². The molecule has 2 heterocycles. The summed E-state index contributed by atoms with van der Waals surface area (Å²) in [7, 11) is 0. The lowest BCUT2D eigenvalue weighted by molar-refractivity contribution is -0.131.